The molecule has 0 spiro atoms. The van der Waals surface area contributed by atoms with Crippen molar-refractivity contribution in [2.24, 2.45) is 0 Å². The van der Waals surface area contributed by atoms with E-state index in [1.165, 1.54) is 6.92 Å². The Kier molecular flexibility index (Phi) is 4.92. The van der Waals surface area contributed by atoms with Crippen molar-refractivity contribution in [3.05, 3.63) is 35.9 Å². The fraction of sp³-hybridized carbons (Fsp3) is 0.231. The fourth-order valence-corrected chi connectivity index (χ4v) is 1.29. The van der Waals surface area contributed by atoms with Gasteiger partial charge in [0.1, 0.15) is 12.4 Å². The van der Waals surface area contributed by atoms with E-state index in [9.17, 15) is 9.59 Å². The summed E-state index contributed by atoms with van der Waals surface area (Å²) in [4.78, 5) is 21.2. The van der Waals surface area contributed by atoms with E-state index < -0.39 is 5.97 Å². The van der Waals surface area contributed by atoms with Gasteiger partial charge < -0.3 is 15.2 Å². The molecular formula is C13H15NO4. The standard InChI is InChI=1S/C13H15NO4/c1-9(7-13(16)17)8-18-12-5-3-11(4-6-12)14-10(2)15/h3-7H,8H2,1-2H3,(H,14,15)(H,16,17)/b9-7+. The molecule has 1 amide bonds. The minimum Gasteiger partial charge on any atom is -0.489 e. The number of hydrogen-bond donors (Lipinski definition) is 2. The molecule has 0 aliphatic rings. The molecule has 2 N–H and O–H groups in total. The highest BCUT2D eigenvalue weighted by atomic mass is 16.5. The number of carboxylic acids is 1. The Morgan fingerprint density at radius 3 is 2.39 bits per heavy atom. The molecule has 0 saturated heterocycles. The van der Waals surface area contributed by atoms with Crippen molar-refractivity contribution in [1.82, 2.24) is 0 Å². The van der Waals surface area contributed by atoms with Gasteiger partial charge in [0.15, 0.2) is 0 Å². The first-order chi connectivity index (χ1) is 8.47. The third kappa shape index (κ3) is 5.16. The van der Waals surface area contributed by atoms with Crippen LogP contribution in [0.3, 0.4) is 0 Å². The lowest BCUT2D eigenvalue weighted by Gasteiger charge is -2.07. The molecule has 1 rings (SSSR count). The highest BCUT2D eigenvalue weighted by Crippen LogP contribution is 2.16. The van der Waals surface area contributed by atoms with Crippen molar-refractivity contribution in [2.75, 3.05) is 11.9 Å². The molecule has 0 saturated carbocycles. The van der Waals surface area contributed by atoms with E-state index in [1.807, 2.05) is 0 Å². The van der Waals surface area contributed by atoms with Crippen LogP contribution in [0.25, 0.3) is 0 Å². The predicted octanol–water partition coefficient (Wildman–Crippen LogP) is 2.05. The number of anilines is 1. The van der Waals surface area contributed by atoms with Crippen molar-refractivity contribution in [2.45, 2.75) is 13.8 Å². The van der Waals surface area contributed by atoms with Crippen LogP contribution in [0.4, 0.5) is 5.69 Å². The lowest BCUT2D eigenvalue weighted by molar-refractivity contribution is -0.131. The van der Waals surface area contributed by atoms with Crippen molar-refractivity contribution in [3.63, 3.8) is 0 Å². The molecule has 0 fully saturated rings. The van der Waals surface area contributed by atoms with Gasteiger partial charge in [-0.15, -0.1) is 0 Å². The number of carbonyl (C=O) groups excluding carboxylic acids is 1. The zero-order valence-corrected chi connectivity index (χ0v) is 10.3. The second kappa shape index (κ2) is 6.44. The molecule has 0 atom stereocenters. The van der Waals surface area contributed by atoms with E-state index in [1.54, 1.807) is 31.2 Å². The Morgan fingerprint density at radius 1 is 1.28 bits per heavy atom. The lowest BCUT2D eigenvalue weighted by Crippen LogP contribution is -2.05. The van der Waals surface area contributed by atoms with Crippen molar-refractivity contribution in [3.8, 4) is 5.75 Å². The van der Waals surface area contributed by atoms with Crippen LogP contribution >= 0.6 is 0 Å². The quantitative estimate of drug-likeness (QED) is 0.783. The molecule has 0 aromatic heterocycles. The third-order valence-electron chi connectivity index (χ3n) is 2.01. The Hall–Kier alpha value is -2.30. The number of ether oxygens (including phenoxy) is 1. The van der Waals surface area contributed by atoms with Crippen LogP contribution < -0.4 is 10.1 Å². The van der Waals surface area contributed by atoms with Crippen LogP contribution in [0.15, 0.2) is 35.9 Å². The summed E-state index contributed by atoms with van der Waals surface area (Å²) in [5.74, 6) is -0.511. The second-order valence-corrected chi connectivity index (χ2v) is 3.82. The first kappa shape index (κ1) is 13.8. The van der Waals surface area contributed by atoms with Gasteiger partial charge in [-0.2, -0.15) is 0 Å². The Labute approximate surface area is 105 Å². The van der Waals surface area contributed by atoms with Gasteiger partial charge in [-0.25, -0.2) is 4.79 Å². The minimum atomic E-state index is -0.989. The van der Waals surface area contributed by atoms with E-state index >= 15 is 0 Å². The van der Waals surface area contributed by atoms with Crippen LogP contribution in [0.1, 0.15) is 13.8 Å². The lowest BCUT2D eigenvalue weighted by atomic mass is 10.3. The SMILES string of the molecule is CC(=O)Nc1ccc(OC/C(C)=C/C(=O)O)cc1. The highest BCUT2D eigenvalue weighted by Gasteiger charge is 1.99. The van der Waals surface area contributed by atoms with Gasteiger partial charge in [-0.05, 0) is 36.8 Å². The summed E-state index contributed by atoms with van der Waals surface area (Å²) in [5.41, 5.74) is 1.31. The Balaban J connectivity index is 2.54. The highest BCUT2D eigenvalue weighted by molar-refractivity contribution is 5.88. The molecule has 18 heavy (non-hydrogen) atoms. The fourth-order valence-electron chi connectivity index (χ4n) is 1.29. The largest absolute Gasteiger partial charge is 0.489 e. The van der Waals surface area contributed by atoms with Gasteiger partial charge in [0.25, 0.3) is 0 Å². The van der Waals surface area contributed by atoms with Crippen LogP contribution in [0.2, 0.25) is 0 Å². The molecule has 0 unspecified atom stereocenters. The molecular weight excluding hydrogens is 234 g/mol. The van der Waals surface area contributed by atoms with Gasteiger partial charge in [-0.3, -0.25) is 4.79 Å². The number of amides is 1. The van der Waals surface area contributed by atoms with E-state index in [2.05, 4.69) is 5.32 Å². The molecule has 0 aliphatic heterocycles. The average Bonchev–Trinajstić information content (AvgIpc) is 2.26. The van der Waals surface area contributed by atoms with Crippen LogP contribution in [-0.2, 0) is 9.59 Å². The summed E-state index contributed by atoms with van der Waals surface area (Å²) >= 11 is 0. The zero-order chi connectivity index (χ0) is 13.5. The summed E-state index contributed by atoms with van der Waals surface area (Å²) < 4.78 is 5.38. The summed E-state index contributed by atoms with van der Waals surface area (Å²) in [6.45, 7) is 3.33. The number of hydrogen-bond acceptors (Lipinski definition) is 3. The first-order valence-electron chi connectivity index (χ1n) is 5.38. The molecule has 0 bridgehead atoms. The molecule has 96 valence electrons. The van der Waals surface area contributed by atoms with Gasteiger partial charge in [-0.1, -0.05) is 0 Å². The topological polar surface area (TPSA) is 75.6 Å². The van der Waals surface area contributed by atoms with Crippen LogP contribution in [0.5, 0.6) is 5.75 Å². The minimum absolute atomic E-state index is 0.135. The van der Waals surface area contributed by atoms with Crippen molar-refractivity contribution in [1.29, 1.82) is 0 Å². The van der Waals surface area contributed by atoms with Gasteiger partial charge >= 0.3 is 5.97 Å². The molecule has 0 aliphatic carbocycles. The smallest absolute Gasteiger partial charge is 0.328 e. The van der Waals surface area contributed by atoms with Gasteiger partial charge in [0.05, 0.1) is 0 Å². The molecule has 0 radical (unpaired) electrons. The normalized spacial score (nSPS) is 10.9. The van der Waals surface area contributed by atoms with E-state index in [0.29, 0.717) is 17.0 Å². The van der Waals surface area contributed by atoms with Crippen LogP contribution in [0, 0.1) is 0 Å². The van der Waals surface area contributed by atoms with Gasteiger partial charge in [0, 0.05) is 18.7 Å². The van der Waals surface area contributed by atoms with Crippen molar-refractivity contribution >= 4 is 17.6 Å². The summed E-state index contributed by atoms with van der Waals surface area (Å²) in [7, 11) is 0. The summed E-state index contributed by atoms with van der Waals surface area (Å²) in [6, 6.07) is 6.85. The third-order valence-corrected chi connectivity index (χ3v) is 2.01. The van der Waals surface area contributed by atoms with E-state index in [-0.39, 0.29) is 12.5 Å². The molecule has 0 heterocycles. The van der Waals surface area contributed by atoms with Gasteiger partial charge in [0.2, 0.25) is 5.91 Å². The average molecular weight is 249 g/mol. The molecule has 5 nitrogen and oxygen atoms in total. The molecule has 1 aromatic rings. The van der Waals surface area contributed by atoms with Crippen molar-refractivity contribution < 1.29 is 19.4 Å². The summed E-state index contributed by atoms with van der Waals surface area (Å²) in [6.07, 6.45) is 1.10. The number of nitrogens with one attached hydrogen (secondary N) is 1. The Morgan fingerprint density at radius 2 is 1.89 bits per heavy atom. The Bertz CT molecular complexity index is 462. The maximum absolute atomic E-state index is 10.8. The maximum Gasteiger partial charge on any atom is 0.328 e. The number of aliphatic carboxylic acids is 1. The predicted molar refractivity (Wildman–Crippen MR) is 67.6 cm³/mol. The molecule has 5 heteroatoms. The number of carbonyl (C=O) groups is 2. The summed E-state index contributed by atoms with van der Waals surface area (Å²) in [5, 5.41) is 11.2. The maximum atomic E-state index is 10.8. The molecule has 1 aromatic carbocycles. The first-order valence-corrected chi connectivity index (χ1v) is 5.38. The van der Waals surface area contributed by atoms with Crippen LogP contribution in [-0.4, -0.2) is 23.6 Å². The number of carboxylic acid groups (broad SMARTS) is 1. The number of benzene rings is 1. The zero-order valence-electron chi connectivity index (χ0n) is 10.3. The van der Waals surface area contributed by atoms with E-state index in [4.69, 9.17) is 9.84 Å². The van der Waals surface area contributed by atoms with E-state index in [0.717, 1.165) is 6.08 Å². The number of rotatable bonds is 5. The second-order valence-electron chi connectivity index (χ2n) is 3.82. The monoisotopic (exact) mass is 249 g/mol.